The first-order valence-corrected chi connectivity index (χ1v) is 7.63. The van der Waals surface area contributed by atoms with Crippen molar-refractivity contribution in [3.05, 3.63) is 79.0 Å². The molecule has 0 fully saturated rings. The highest BCUT2D eigenvalue weighted by atomic mass is 35.5. The minimum atomic E-state index is -0.655. The Kier molecular flexibility index (Phi) is 4.42. The average molecular weight is 364 g/mol. The Morgan fingerprint density at radius 3 is 2.54 bits per heavy atom. The predicted octanol–water partition coefficient (Wildman–Crippen LogP) is 3.33. The van der Waals surface area contributed by atoms with Crippen LogP contribution >= 0.6 is 23.2 Å². The fourth-order valence-electron chi connectivity index (χ4n) is 2.14. The van der Waals surface area contributed by atoms with Gasteiger partial charge in [0.2, 0.25) is 0 Å². The van der Waals surface area contributed by atoms with E-state index >= 15 is 0 Å². The number of nitrogens with zero attached hydrogens (tertiary/aromatic N) is 2. The van der Waals surface area contributed by atoms with Gasteiger partial charge in [-0.15, -0.1) is 0 Å². The van der Waals surface area contributed by atoms with Gasteiger partial charge in [-0.2, -0.15) is 9.78 Å². The molecular weight excluding hydrogens is 353 g/mol. The Morgan fingerprint density at radius 2 is 1.88 bits per heavy atom. The minimum absolute atomic E-state index is 0.282. The Morgan fingerprint density at radius 1 is 1.12 bits per heavy atom. The highest BCUT2D eigenvalue weighted by molar-refractivity contribution is 6.33. The topological polar surface area (TPSA) is 77.0 Å². The zero-order valence-corrected chi connectivity index (χ0v) is 13.9. The third-order valence-electron chi connectivity index (χ3n) is 3.22. The summed E-state index contributed by atoms with van der Waals surface area (Å²) in [6, 6.07) is 10.2. The summed E-state index contributed by atoms with van der Waals surface area (Å²) in [4.78, 5) is 25.1. The molecule has 2 aromatic carbocycles. The third-order valence-corrected chi connectivity index (χ3v) is 3.81. The number of aryl methyl sites for hydroxylation is 1. The third kappa shape index (κ3) is 3.20. The van der Waals surface area contributed by atoms with Crippen molar-refractivity contribution >= 4 is 23.2 Å². The first kappa shape index (κ1) is 16.3. The highest BCUT2D eigenvalue weighted by Crippen LogP contribution is 2.36. The molecule has 0 aliphatic heterocycles. The van der Waals surface area contributed by atoms with Gasteiger partial charge in [-0.25, -0.2) is 4.79 Å². The first-order valence-electron chi connectivity index (χ1n) is 6.87. The number of H-pyrrole nitrogens is 1. The van der Waals surface area contributed by atoms with E-state index < -0.39 is 11.2 Å². The Balaban J connectivity index is 2.05. The number of nitrogens with one attached hydrogen (secondary N) is 1. The molecule has 0 amide bonds. The van der Waals surface area contributed by atoms with Gasteiger partial charge in [0.15, 0.2) is 0 Å². The molecule has 6 nitrogen and oxygen atoms in total. The number of halogens is 2. The standard InChI is InChI=1S/C16H11Cl2N3O3/c1-9-6-10(21-16(23)20-14(22)8-19-21)7-12(18)15(9)24-13-5-3-2-4-11(13)17/h2-8H,1H3,(H,20,22,23). The maximum atomic E-state index is 11.8. The number of hydrogen-bond acceptors (Lipinski definition) is 4. The quantitative estimate of drug-likeness (QED) is 0.774. The average Bonchev–Trinajstić information content (AvgIpc) is 2.52. The van der Waals surface area contributed by atoms with E-state index in [1.165, 1.54) is 6.07 Å². The number of ether oxygens (including phenoxy) is 1. The molecule has 0 saturated carbocycles. The van der Waals surface area contributed by atoms with Crippen molar-refractivity contribution < 1.29 is 4.74 Å². The smallest absolute Gasteiger partial charge is 0.349 e. The van der Waals surface area contributed by atoms with E-state index in [1.54, 1.807) is 37.3 Å². The number of para-hydroxylation sites is 1. The lowest BCUT2D eigenvalue weighted by molar-refractivity contribution is 0.479. The van der Waals surface area contributed by atoms with Crippen molar-refractivity contribution in [1.29, 1.82) is 0 Å². The molecule has 0 aliphatic carbocycles. The molecule has 0 unspecified atom stereocenters. The second-order valence-corrected chi connectivity index (χ2v) is 5.77. The van der Waals surface area contributed by atoms with Crippen molar-refractivity contribution in [2.45, 2.75) is 6.92 Å². The van der Waals surface area contributed by atoms with Crippen LogP contribution in [0, 0.1) is 6.92 Å². The number of hydrogen-bond donors (Lipinski definition) is 1. The van der Waals surface area contributed by atoms with Crippen LogP contribution in [0.5, 0.6) is 11.5 Å². The van der Waals surface area contributed by atoms with Crippen LogP contribution in [0.3, 0.4) is 0 Å². The first-order chi connectivity index (χ1) is 11.5. The van der Waals surface area contributed by atoms with Crippen molar-refractivity contribution in [1.82, 2.24) is 14.8 Å². The van der Waals surface area contributed by atoms with Crippen molar-refractivity contribution in [2.75, 3.05) is 0 Å². The van der Waals surface area contributed by atoms with E-state index in [-0.39, 0.29) is 5.02 Å². The highest BCUT2D eigenvalue weighted by Gasteiger charge is 2.13. The number of benzene rings is 2. The molecule has 0 bridgehead atoms. The minimum Gasteiger partial charge on any atom is -0.454 e. The van der Waals surface area contributed by atoms with Gasteiger partial charge < -0.3 is 4.74 Å². The summed E-state index contributed by atoms with van der Waals surface area (Å²) in [5, 5.41) is 4.53. The van der Waals surface area contributed by atoms with Gasteiger partial charge in [0.1, 0.15) is 17.7 Å². The fourth-order valence-corrected chi connectivity index (χ4v) is 2.61. The largest absolute Gasteiger partial charge is 0.454 e. The zero-order valence-electron chi connectivity index (χ0n) is 12.4. The van der Waals surface area contributed by atoms with Crippen LogP contribution in [0.25, 0.3) is 5.69 Å². The molecule has 1 aromatic heterocycles. The van der Waals surface area contributed by atoms with E-state index in [2.05, 4.69) is 10.1 Å². The normalized spacial score (nSPS) is 10.6. The molecule has 122 valence electrons. The predicted molar refractivity (Wildman–Crippen MR) is 91.7 cm³/mol. The van der Waals surface area contributed by atoms with Gasteiger partial charge in [-0.05, 0) is 36.8 Å². The molecule has 0 spiro atoms. The molecule has 1 N–H and O–H groups in total. The van der Waals surface area contributed by atoms with Crippen molar-refractivity contribution in [2.24, 2.45) is 0 Å². The second-order valence-electron chi connectivity index (χ2n) is 4.96. The van der Waals surface area contributed by atoms with E-state index in [0.29, 0.717) is 27.8 Å². The maximum absolute atomic E-state index is 11.8. The number of aromatic nitrogens is 3. The van der Waals surface area contributed by atoms with Crippen LogP contribution in [0.2, 0.25) is 10.0 Å². The van der Waals surface area contributed by atoms with Gasteiger partial charge in [-0.3, -0.25) is 9.78 Å². The van der Waals surface area contributed by atoms with Crippen LogP contribution in [-0.4, -0.2) is 14.8 Å². The summed E-state index contributed by atoms with van der Waals surface area (Å²) < 4.78 is 6.82. The van der Waals surface area contributed by atoms with E-state index in [0.717, 1.165) is 10.9 Å². The van der Waals surface area contributed by atoms with Crippen LogP contribution in [0.4, 0.5) is 0 Å². The van der Waals surface area contributed by atoms with E-state index in [4.69, 9.17) is 27.9 Å². The summed E-state index contributed by atoms with van der Waals surface area (Å²) >= 11 is 12.4. The molecule has 0 atom stereocenters. The Hall–Kier alpha value is -2.57. The van der Waals surface area contributed by atoms with E-state index in [1.807, 2.05) is 0 Å². The van der Waals surface area contributed by atoms with Crippen molar-refractivity contribution in [3.63, 3.8) is 0 Å². The van der Waals surface area contributed by atoms with Gasteiger partial charge in [0.05, 0.1) is 15.7 Å². The summed E-state index contributed by atoms with van der Waals surface area (Å²) in [5.41, 5.74) is -0.141. The molecule has 8 heteroatoms. The fraction of sp³-hybridized carbons (Fsp3) is 0.0625. The van der Waals surface area contributed by atoms with Crippen LogP contribution in [0.15, 0.2) is 52.2 Å². The molecule has 3 rings (SSSR count). The number of aromatic amines is 1. The SMILES string of the molecule is Cc1cc(-n2ncc(=O)[nH]c2=O)cc(Cl)c1Oc1ccccc1Cl. The zero-order chi connectivity index (χ0) is 17.3. The molecule has 1 heterocycles. The summed E-state index contributed by atoms with van der Waals surface area (Å²) in [6.07, 6.45) is 1.01. The van der Waals surface area contributed by atoms with Crippen molar-refractivity contribution in [3.8, 4) is 17.2 Å². The van der Waals surface area contributed by atoms with Crippen LogP contribution < -0.4 is 16.0 Å². The number of rotatable bonds is 3. The molecule has 3 aromatic rings. The van der Waals surface area contributed by atoms with E-state index in [9.17, 15) is 9.59 Å². The monoisotopic (exact) mass is 363 g/mol. The van der Waals surface area contributed by atoms with Gasteiger partial charge >= 0.3 is 5.69 Å². The van der Waals surface area contributed by atoms with Crippen LogP contribution in [0.1, 0.15) is 5.56 Å². The molecule has 0 saturated heterocycles. The van der Waals surface area contributed by atoms with Gasteiger partial charge in [0.25, 0.3) is 5.56 Å². The lowest BCUT2D eigenvalue weighted by Gasteiger charge is -2.13. The molecule has 0 radical (unpaired) electrons. The Labute approximate surface area is 146 Å². The molecular formula is C16H11Cl2N3O3. The van der Waals surface area contributed by atoms with Crippen LogP contribution in [-0.2, 0) is 0 Å². The molecule has 0 aliphatic rings. The lowest BCUT2D eigenvalue weighted by Crippen LogP contribution is -2.30. The Bertz CT molecular complexity index is 1000. The van der Waals surface area contributed by atoms with Gasteiger partial charge in [-0.1, -0.05) is 35.3 Å². The summed E-state index contributed by atoms with van der Waals surface area (Å²) in [7, 11) is 0. The maximum Gasteiger partial charge on any atom is 0.349 e. The van der Waals surface area contributed by atoms with Gasteiger partial charge in [0, 0.05) is 0 Å². The lowest BCUT2D eigenvalue weighted by atomic mass is 10.2. The summed E-state index contributed by atoms with van der Waals surface area (Å²) in [6.45, 7) is 1.78. The molecule has 24 heavy (non-hydrogen) atoms. The second kappa shape index (κ2) is 6.51. The summed E-state index contributed by atoms with van der Waals surface area (Å²) in [5.74, 6) is 0.891.